The van der Waals surface area contributed by atoms with Gasteiger partial charge in [-0.2, -0.15) is 0 Å². The van der Waals surface area contributed by atoms with Gasteiger partial charge in [0.15, 0.2) is 5.82 Å². The SMILES string of the molecule is Fc1cc(-c2ncccn2)ccc1S. The molecule has 0 N–H and O–H groups in total. The van der Waals surface area contributed by atoms with Gasteiger partial charge in [-0.3, -0.25) is 0 Å². The average molecular weight is 206 g/mol. The quantitative estimate of drug-likeness (QED) is 0.726. The summed E-state index contributed by atoms with van der Waals surface area (Å²) in [6.07, 6.45) is 3.24. The molecule has 2 nitrogen and oxygen atoms in total. The highest BCUT2D eigenvalue weighted by Gasteiger charge is 2.03. The van der Waals surface area contributed by atoms with E-state index in [4.69, 9.17) is 0 Å². The van der Waals surface area contributed by atoms with E-state index in [1.54, 1.807) is 30.6 Å². The molecular weight excluding hydrogens is 199 g/mol. The van der Waals surface area contributed by atoms with Crippen molar-refractivity contribution in [3.63, 3.8) is 0 Å². The third-order valence-corrected chi connectivity index (χ3v) is 2.13. The second kappa shape index (κ2) is 3.75. The molecule has 0 unspecified atom stereocenters. The van der Waals surface area contributed by atoms with Crippen LogP contribution in [-0.2, 0) is 0 Å². The number of rotatable bonds is 1. The second-order valence-electron chi connectivity index (χ2n) is 2.74. The van der Waals surface area contributed by atoms with Crippen molar-refractivity contribution in [2.24, 2.45) is 0 Å². The summed E-state index contributed by atoms with van der Waals surface area (Å²) < 4.78 is 13.1. The van der Waals surface area contributed by atoms with Crippen LogP contribution in [0, 0.1) is 5.82 Å². The van der Waals surface area contributed by atoms with E-state index in [9.17, 15) is 4.39 Å². The molecule has 1 aromatic carbocycles. The molecule has 0 bridgehead atoms. The fourth-order valence-corrected chi connectivity index (χ4v) is 1.23. The molecule has 14 heavy (non-hydrogen) atoms. The van der Waals surface area contributed by atoms with E-state index in [-0.39, 0.29) is 5.82 Å². The van der Waals surface area contributed by atoms with Gasteiger partial charge in [-0.15, -0.1) is 12.6 Å². The Bertz CT molecular complexity index is 445. The van der Waals surface area contributed by atoms with Crippen molar-refractivity contribution < 1.29 is 4.39 Å². The van der Waals surface area contributed by atoms with Crippen molar-refractivity contribution in [1.29, 1.82) is 0 Å². The van der Waals surface area contributed by atoms with Crippen LogP contribution in [0.5, 0.6) is 0 Å². The Hall–Kier alpha value is -1.42. The number of halogens is 1. The maximum Gasteiger partial charge on any atom is 0.159 e. The van der Waals surface area contributed by atoms with E-state index in [0.717, 1.165) is 0 Å². The molecule has 2 rings (SSSR count). The summed E-state index contributed by atoms with van der Waals surface area (Å²) >= 11 is 3.94. The summed E-state index contributed by atoms with van der Waals surface area (Å²) in [5.74, 6) is 0.151. The van der Waals surface area contributed by atoms with Gasteiger partial charge in [-0.05, 0) is 24.3 Å². The van der Waals surface area contributed by atoms with Crippen LogP contribution in [0.1, 0.15) is 0 Å². The number of thiol groups is 1. The highest BCUT2D eigenvalue weighted by molar-refractivity contribution is 7.80. The average Bonchev–Trinajstić information content (AvgIpc) is 2.23. The molecule has 0 aliphatic heterocycles. The van der Waals surface area contributed by atoms with Crippen LogP contribution < -0.4 is 0 Å². The van der Waals surface area contributed by atoms with Gasteiger partial charge in [0.2, 0.25) is 0 Å². The van der Waals surface area contributed by atoms with Gasteiger partial charge >= 0.3 is 0 Å². The first-order valence-electron chi connectivity index (χ1n) is 4.03. The van der Waals surface area contributed by atoms with E-state index >= 15 is 0 Å². The number of benzene rings is 1. The Morgan fingerprint density at radius 1 is 1.14 bits per heavy atom. The van der Waals surface area contributed by atoms with Gasteiger partial charge in [0.05, 0.1) is 0 Å². The lowest BCUT2D eigenvalue weighted by Crippen LogP contribution is -1.88. The molecule has 4 heteroatoms. The highest BCUT2D eigenvalue weighted by Crippen LogP contribution is 2.19. The normalized spacial score (nSPS) is 10.1. The molecule has 1 heterocycles. The Labute approximate surface area is 86.2 Å². The van der Waals surface area contributed by atoms with Gasteiger partial charge in [0, 0.05) is 22.9 Å². The van der Waals surface area contributed by atoms with Crippen LogP contribution in [0.25, 0.3) is 11.4 Å². The molecule has 0 radical (unpaired) electrons. The van der Waals surface area contributed by atoms with Crippen molar-refractivity contribution in [2.75, 3.05) is 0 Å². The first-order valence-corrected chi connectivity index (χ1v) is 4.48. The van der Waals surface area contributed by atoms with E-state index in [0.29, 0.717) is 16.3 Å². The molecule has 0 spiro atoms. The number of nitrogens with zero attached hydrogens (tertiary/aromatic N) is 2. The Balaban J connectivity index is 2.48. The lowest BCUT2D eigenvalue weighted by molar-refractivity contribution is 0.603. The maximum atomic E-state index is 13.1. The lowest BCUT2D eigenvalue weighted by atomic mass is 10.2. The zero-order chi connectivity index (χ0) is 9.97. The first-order chi connectivity index (χ1) is 6.77. The summed E-state index contributed by atoms with van der Waals surface area (Å²) in [7, 11) is 0. The van der Waals surface area contributed by atoms with Crippen LogP contribution in [0.2, 0.25) is 0 Å². The van der Waals surface area contributed by atoms with Crippen LogP contribution in [-0.4, -0.2) is 9.97 Å². The molecule has 0 fully saturated rings. The Morgan fingerprint density at radius 2 is 1.86 bits per heavy atom. The predicted octanol–water partition coefficient (Wildman–Crippen LogP) is 2.57. The third-order valence-electron chi connectivity index (χ3n) is 1.77. The Kier molecular flexibility index (Phi) is 2.45. The number of aromatic nitrogens is 2. The topological polar surface area (TPSA) is 25.8 Å². The molecule has 0 atom stereocenters. The minimum absolute atomic E-state index is 0.324. The predicted molar refractivity (Wildman–Crippen MR) is 54.7 cm³/mol. The molecule has 70 valence electrons. The third kappa shape index (κ3) is 1.75. The lowest BCUT2D eigenvalue weighted by Gasteiger charge is -2.00. The molecule has 0 aliphatic rings. The molecule has 0 saturated carbocycles. The van der Waals surface area contributed by atoms with Gasteiger partial charge < -0.3 is 0 Å². The standard InChI is InChI=1S/C10H7FN2S/c11-8-6-7(2-3-9(8)14)10-12-4-1-5-13-10/h1-6,14H. The Morgan fingerprint density at radius 3 is 2.50 bits per heavy atom. The smallest absolute Gasteiger partial charge is 0.159 e. The van der Waals surface area contributed by atoms with E-state index in [1.807, 2.05) is 0 Å². The first kappa shape index (κ1) is 9.15. The van der Waals surface area contributed by atoms with Crippen LogP contribution in [0.15, 0.2) is 41.6 Å². The van der Waals surface area contributed by atoms with Crippen molar-refractivity contribution in [2.45, 2.75) is 4.90 Å². The van der Waals surface area contributed by atoms with Crippen LogP contribution >= 0.6 is 12.6 Å². The maximum absolute atomic E-state index is 13.1. The molecule has 0 amide bonds. The molecular formula is C10H7FN2S. The monoisotopic (exact) mass is 206 g/mol. The summed E-state index contributed by atoms with van der Waals surface area (Å²) in [6, 6.07) is 6.41. The van der Waals surface area contributed by atoms with Crippen molar-refractivity contribution >= 4 is 12.6 Å². The zero-order valence-electron chi connectivity index (χ0n) is 7.18. The van der Waals surface area contributed by atoms with Crippen molar-refractivity contribution in [3.8, 4) is 11.4 Å². The van der Waals surface area contributed by atoms with Crippen LogP contribution in [0.3, 0.4) is 0 Å². The second-order valence-corrected chi connectivity index (χ2v) is 3.22. The molecule has 0 aliphatic carbocycles. The van der Waals surface area contributed by atoms with E-state index < -0.39 is 0 Å². The fraction of sp³-hybridized carbons (Fsp3) is 0. The minimum atomic E-state index is -0.363. The van der Waals surface area contributed by atoms with Crippen molar-refractivity contribution in [1.82, 2.24) is 9.97 Å². The van der Waals surface area contributed by atoms with E-state index in [2.05, 4.69) is 22.6 Å². The molecule has 0 saturated heterocycles. The summed E-state index contributed by atoms with van der Waals surface area (Å²) in [4.78, 5) is 8.36. The van der Waals surface area contributed by atoms with E-state index in [1.165, 1.54) is 6.07 Å². The molecule has 2 aromatic rings. The van der Waals surface area contributed by atoms with Gasteiger partial charge in [0.1, 0.15) is 5.82 Å². The summed E-state index contributed by atoms with van der Waals surface area (Å²) in [5.41, 5.74) is 0.654. The summed E-state index contributed by atoms with van der Waals surface area (Å²) in [5, 5.41) is 0. The summed E-state index contributed by atoms with van der Waals surface area (Å²) in [6.45, 7) is 0. The fourth-order valence-electron chi connectivity index (χ4n) is 1.09. The van der Waals surface area contributed by atoms with Crippen LogP contribution in [0.4, 0.5) is 4.39 Å². The van der Waals surface area contributed by atoms with Crippen molar-refractivity contribution in [3.05, 3.63) is 42.5 Å². The number of hydrogen-bond acceptors (Lipinski definition) is 3. The highest BCUT2D eigenvalue weighted by atomic mass is 32.1. The minimum Gasteiger partial charge on any atom is -0.237 e. The zero-order valence-corrected chi connectivity index (χ0v) is 8.08. The van der Waals surface area contributed by atoms with Gasteiger partial charge in [-0.25, -0.2) is 14.4 Å². The number of hydrogen-bond donors (Lipinski definition) is 1. The van der Waals surface area contributed by atoms with Gasteiger partial charge in [0.25, 0.3) is 0 Å². The largest absolute Gasteiger partial charge is 0.237 e. The van der Waals surface area contributed by atoms with Gasteiger partial charge in [-0.1, -0.05) is 0 Å². The molecule has 1 aromatic heterocycles.